The number of amides is 1. The summed E-state index contributed by atoms with van der Waals surface area (Å²) in [6.07, 6.45) is 3.89. The Morgan fingerprint density at radius 3 is 2.79 bits per heavy atom. The van der Waals surface area contributed by atoms with Gasteiger partial charge in [0.05, 0.1) is 0 Å². The molecule has 0 saturated carbocycles. The highest BCUT2D eigenvalue weighted by Crippen LogP contribution is 2.12. The van der Waals surface area contributed by atoms with Crippen molar-refractivity contribution in [1.82, 2.24) is 5.32 Å². The summed E-state index contributed by atoms with van der Waals surface area (Å²) >= 11 is 0. The second-order valence-electron chi connectivity index (χ2n) is 4.30. The molecule has 0 saturated heterocycles. The molecule has 3 heteroatoms. The minimum atomic E-state index is -0.109. The highest BCUT2D eigenvalue weighted by Gasteiger charge is 2.24. The molecule has 0 aromatic rings. The maximum Gasteiger partial charge on any atom is 0.250 e. The molecule has 0 aromatic heterocycles. The second kappa shape index (κ2) is 5.13. The van der Waals surface area contributed by atoms with Crippen LogP contribution in [0.3, 0.4) is 0 Å². The van der Waals surface area contributed by atoms with Crippen molar-refractivity contribution in [2.45, 2.75) is 52.5 Å². The van der Waals surface area contributed by atoms with Gasteiger partial charge in [-0.25, -0.2) is 0 Å². The number of carbonyl (C=O) groups is 1. The number of aliphatic imine (C=N–C) groups is 1. The summed E-state index contributed by atoms with van der Waals surface area (Å²) in [5, 5.41) is 2.86. The maximum absolute atomic E-state index is 11.4. The number of nitrogens with zero attached hydrogens (tertiary/aromatic N) is 1. The number of carbonyl (C=O) groups excluding carboxylic acids is 1. The van der Waals surface area contributed by atoms with Crippen LogP contribution in [-0.2, 0) is 4.79 Å². The van der Waals surface area contributed by atoms with Crippen molar-refractivity contribution < 1.29 is 4.79 Å². The van der Waals surface area contributed by atoms with Gasteiger partial charge in [0.25, 0.3) is 0 Å². The number of hydrogen-bond donors (Lipinski definition) is 1. The lowest BCUT2D eigenvalue weighted by atomic mass is 10.1. The highest BCUT2D eigenvalue weighted by molar-refractivity contribution is 6.05. The Morgan fingerprint density at radius 2 is 2.21 bits per heavy atom. The molecule has 1 rings (SSSR count). The van der Waals surface area contributed by atoms with Crippen LogP contribution in [0.2, 0.25) is 0 Å². The predicted octanol–water partition coefficient (Wildman–Crippen LogP) is 2.12. The van der Waals surface area contributed by atoms with Gasteiger partial charge in [0.2, 0.25) is 5.91 Å². The fraction of sp³-hybridized carbons (Fsp3) is 0.818. The summed E-state index contributed by atoms with van der Waals surface area (Å²) < 4.78 is 0. The van der Waals surface area contributed by atoms with Crippen LogP contribution >= 0.6 is 0 Å². The number of rotatable bonds is 5. The van der Waals surface area contributed by atoms with Crippen LogP contribution in [0, 0.1) is 5.92 Å². The van der Waals surface area contributed by atoms with Gasteiger partial charge in [-0.1, -0.05) is 27.2 Å². The molecule has 0 fully saturated rings. The van der Waals surface area contributed by atoms with Crippen LogP contribution in [0.1, 0.15) is 46.5 Å². The smallest absolute Gasteiger partial charge is 0.250 e. The molecule has 0 aromatic carbocycles. The quantitative estimate of drug-likeness (QED) is 0.719. The van der Waals surface area contributed by atoms with E-state index in [-0.39, 0.29) is 11.9 Å². The van der Waals surface area contributed by atoms with E-state index in [1.807, 2.05) is 0 Å². The predicted molar refractivity (Wildman–Crippen MR) is 58.3 cm³/mol. The molecule has 1 atom stereocenters. The van der Waals surface area contributed by atoms with Gasteiger partial charge >= 0.3 is 0 Å². The lowest BCUT2D eigenvalue weighted by molar-refractivity contribution is -0.120. The van der Waals surface area contributed by atoms with Crippen molar-refractivity contribution in [2.24, 2.45) is 10.9 Å². The van der Waals surface area contributed by atoms with E-state index < -0.39 is 0 Å². The van der Waals surface area contributed by atoms with E-state index >= 15 is 0 Å². The number of nitrogens with one attached hydrogen (secondary N) is 1. The first kappa shape index (κ1) is 11.2. The molecule has 1 heterocycles. The van der Waals surface area contributed by atoms with Crippen molar-refractivity contribution in [1.29, 1.82) is 0 Å². The van der Waals surface area contributed by atoms with Crippen molar-refractivity contribution in [3.63, 3.8) is 0 Å². The molecule has 80 valence electrons. The van der Waals surface area contributed by atoms with E-state index in [4.69, 9.17) is 0 Å². The Kier molecular flexibility index (Phi) is 4.11. The van der Waals surface area contributed by atoms with Crippen molar-refractivity contribution in [2.75, 3.05) is 0 Å². The van der Waals surface area contributed by atoms with Crippen LogP contribution in [0.4, 0.5) is 0 Å². The van der Waals surface area contributed by atoms with E-state index in [1.54, 1.807) is 0 Å². The van der Waals surface area contributed by atoms with Gasteiger partial charge in [-0.3, -0.25) is 9.79 Å². The molecule has 14 heavy (non-hydrogen) atoms. The fourth-order valence-corrected chi connectivity index (χ4v) is 1.53. The molecular formula is C11H20N2O. The van der Waals surface area contributed by atoms with Crippen molar-refractivity contribution in [3.05, 3.63) is 0 Å². The zero-order chi connectivity index (χ0) is 10.6. The Morgan fingerprint density at radius 1 is 1.50 bits per heavy atom. The third-order valence-electron chi connectivity index (χ3n) is 2.40. The van der Waals surface area contributed by atoms with Gasteiger partial charge in [0.15, 0.2) is 0 Å². The van der Waals surface area contributed by atoms with Crippen LogP contribution in [0.25, 0.3) is 0 Å². The topological polar surface area (TPSA) is 41.5 Å². The van der Waals surface area contributed by atoms with E-state index in [2.05, 4.69) is 31.1 Å². The zero-order valence-corrected chi connectivity index (χ0v) is 9.34. The van der Waals surface area contributed by atoms with Crippen molar-refractivity contribution in [3.8, 4) is 0 Å². The molecule has 0 aliphatic carbocycles. The highest BCUT2D eigenvalue weighted by atomic mass is 16.2. The minimum absolute atomic E-state index is 0.0885. The number of amidine groups is 1. The molecule has 3 nitrogen and oxygen atoms in total. The summed E-state index contributed by atoms with van der Waals surface area (Å²) in [5.41, 5.74) is 0. The Balaban J connectivity index is 2.40. The lowest BCUT2D eigenvalue weighted by Crippen LogP contribution is -2.28. The first-order valence-electron chi connectivity index (χ1n) is 5.51. The first-order chi connectivity index (χ1) is 6.63. The summed E-state index contributed by atoms with van der Waals surface area (Å²) in [6, 6.07) is -0.109. The van der Waals surface area contributed by atoms with Gasteiger partial charge in [-0.15, -0.1) is 0 Å². The van der Waals surface area contributed by atoms with Gasteiger partial charge in [-0.05, 0) is 18.8 Å². The molecule has 1 aliphatic rings. The van der Waals surface area contributed by atoms with E-state index in [9.17, 15) is 4.79 Å². The molecule has 1 N–H and O–H groups in total. The summed E-state index contributed by atoms with van der Waals surface area (Å²) in [6.45, 7) is 6.44. The van der Waals surface area contributed by atoms with Crippen molar-refractivity contribution >= 4 is 11.7 Å². The van der Waals surface area contributed by atoms with Gasteiger partial charge in [-0.2, -0.15) is 0 Å². The molecule has 0 spiro atoms. The van der Waals surface area contributed by atoms with E-state index in [0.29, 0.717) is 5.92 Å². The third-order valence-corrected chi connectivity index (χ3v) is 2.40. The average Bonchev–Trinajstić information content (AvgIpc) is 2.45. The Labute approximate surface area is 86.0 Å². The number of hydrogen-bond acceptors (Lipinski definition) is 2. The monoisotopic (exact) mass is 196 g/mol. The molecule has 1 aliphatic heterocycles. The molecule has 0 bridgehead atoms. The molecular weight excluding hydrogens is 176 g/mol. The van der Waals surface area contributed by atoms with Crippen LogP contribution in [0.5, 0.6) is 0 Å². The van der Waals surface area contributed by atoms with Crippen LogP contribution in [-0.4, -0.2) is 17.8 Å². The normalized spacial score (nSPS) is 21.3. The lowest BCUT2D eigenvalue weighted by Gasteiger charge is -2.03. The minimum Gasteiger partial charge on any atom is -0.313 e. The average molecular weight is 196 g/mol. The largest absolute Gasteiger partial charge is 0.313 e. The van der Waals surface area contributed by atoms with Crippen LogP contribution < -0.4 is 5.32 Å². The standard InChI is InChI=1S/C11H20N2O/c1-4-5-9-11(14)13-10(12-9)7-6-8(2)3/h8-9H,4-7H2,1-3H3,(H,12,13,14). The fourth-order valence-electron chi connectivity index (χ4n) is 1.53. The summed E-state index contributed by atoms with van der Waals surface area (Å²) in [4.78, 5) is 15.8. The first-order valence-corrected chi connectivity index (χ1v) is 5.51. The Hall–Kier alpha value is -0.860. The second-order valence-corrected chi connectivity index (χ2v) is 4.30. The van der Waals surface area contributed by atoms with E-state index in [0.717, 1.165) is 31.5 Å². The maximum atomic E-state index is 11.4. The Bertz CT molecular complexity index is 233. The van der Waals surface area contributed by atoms with Gasteiger partial charge in [0.1, 0.15) is 11.9 Å². The summed E-state index contributed by atoms with van der Waals surface area (Å²) in [5.74, 6) is 1.65. The summed E-state index contributed by atoms with van der Waals surface area (Å²) in [7, 11) is 0. The molecule has 1 amide bonds. The van der Waals surface area contributed by atoms with Crippen LogP contribution in [0.15, 0.2) is 4.99 Å². The SMILES string of the molecule is CCCC1N=C(CCC(C)C)NC1=O. The zero-order valence-electron chi connectivity index (χ0n) is 9.34. The molecule has 0 radical (unpaired) electrons. The van der Waals surface area contributed by atoms with Gasteiger partial charge < -0.3 is 5.32 Å². The van der Waals surface area contributed by atoms with Gasteiger partial charge in [0, 0.05) is 6.42 Å². The molecule has 1 unspecified atom stereocenters. The third kappa shape index (κ3) is 3.13. The van der Waals surface area contributed by atoms with E-state index in [1.165, 1.54) is 0 Å².